The molecule has 1 aromatic carbocycles. The van der Waals surface area contributed by atoms with Gasteiger partial charge in [-0.2, -0.15) is 0 Å². The second kappa shape index (κ2) is 4.31. The minimum atomic E-state index is -1.03. The van der Waals surface area contributed by atoms with Gasteiger partial charge in [-0.1, -0.05) is 6.07 Å². The molecule has 0 unspecified atom stereocenters. The van der Waals surface area contributed by atoms with Gasteiger partial charge in [0.25, 0.3) is 6.54 Å². The molecule has 5 nitrogen and oxygen atoms in total. The number of rotatable bonds is 3. The number of nitrogens with zero attached hydrogens (tertiary/aromatic N) is 1. The van der Waals surface area contributed by atoms with Gasteiger partial charge in [0.1, 0.15) is 11.6 Å². The van der Waals surface area contributed by atoms with Crippen LogP contribution < -0.4 is 4.74 Å². The summed E-state index contributed by atoms with van der Waals surface area (Å²) in [5.41, 5.74) is 0. The van der Waals surface area contributed by atoms with Crippen LogP contribution in [-0.2, 0) is 4.79 Å². The highest BCUT2D eigenvalue weighted by molar-refractivity contribution is 5.73. The number of benzene rings is 1. The molecular formula is C8H6FNO4. The van der Waals surface area contributed by atoms with E-state index in [4.69, 9.17) is 0 Å². The zero-order valence-electron chi connectivity index (χ0n) is 6.97. The Kier molecular flexibility index (Phi) is 3.11. The third kappa shape index (κ3) is 3.18. The average Bonchev–Trinajstić information content (AvgIpc) is 2.01. The second-order valence-corrected chi connectivity index (χ2v) is 2.42. The molecule has 0 amide bonds. The molecule has 0 aliphatic rings. The van der Waals surface area contributed by atoms with Gasteiger partial charge in [-0.15, -0.1) is 0 Å². The van der Waals surface area contributed by atoms with Crippen molar-refractivity contribution < 1.29 is 18.8 Å². The minimum absolute atomic E-state index is 0.0446. The molecule has 0 bridgehead atoms. The van der Waals surface area contributed by atoms with Crippen LogP contribution >= 0.6 is 0 Å². The van der Waals surface area contributed by atoms with Crippen molar-refractivity contribution in [2.75, 3.05) is 6.54 Å². The van der Waals surface area contributed by atoms with Crippen LogP contribution in [0, 0.1) is 15.9 Å². The number of esters is 1. The SMILES string of the molecule is O=C(C[N+](=O)[O-])Oc1cccc(F)c1. The smallest absolute Gasteiger partial charge is 0.383 e. The molecule has 0 saturated carbocycles. The van der Waals surface area contributed by atoms with E-state index in [0.29, 0.717) is 0 Å². The van der Waals surface area contributed by atoms with Gasteiger partial charge in [0, 0.05) is 11.0 Å². The fourth-order valence-electron chi connectivity index (χ4n) is 0.800. The summed E-state index contributed by atoms with van der Waals surface area (Å²) >= 11 is 0. The Morgan fingerprint density at radius 1 is 1.57 bits per heavy atom. The fraction of sp³-hybridized carbons (Fsp3) is 0.125. The van der Waals surface area contributed by atoms with E-state index in [0.717, 1.165) is 6.07 Å². The Hall–Kier alpha value is -1.98. The van der Waals surface area contributed by atoms with Crippen molar-refractivity contribution >= 4 is 5.97 Å². The van der Waals surface area contributed by atoms with Crippen LogP contribution in [0.4, 0.5) is 4.39 Å². The maximum absolute atomic E-state index is 12.6. The quantitative estimate of drug-likeness (QED) is 0.315. The number of halogens is 1. The molecule has 6 heteroatoms. The maximum Gasteiger partial charge on any atom is 0.383 e. The summed E-state index contributed by atoms with van der Waals surface area (Å²) in [6.45, 7) is -0.934. The lowest BCUT2D eigenvalue weighted by atomic mass is 10.3. The van der Waals surface area contributed by atoms with Crippen molar-refractivity contribution in [3.05, 3.63) is 40.2 Å². The van der Waals surface area contributed by atoms with Crippen molar-refractivity contribution in [1.29, 1.82) is 0 Å². The Balaban J connectivity index is 2.60. The Bertz CT molecular complexity index is 366. The highest BCUT2D eigenvalue weighted by Gasteiger charge is 2.11. The summed E-state index contributed by atoms with van der Waals surface area (Å²) in [7, 11) is 0. The first-order valence-corrected chi connectivity index (χ1v) is 3.66. The predicted molar refractivity (Wildman–Crippen MR) is 43.9 cm³/mol. The number of ether oxygens (including phenoxy) is 1. The molecule has 0 spiro atoms. The summed E-state index contributed by atoms with van der Waals surface area (Å²) < 4.78 is 17.0. The molecule has 0 aromatic heterocycles. The molecule has 0 radical (unpaired) electrons. The summed E-state index contributed by atoms with van der Waals surface area (Å²) in [5.74, 6) is -1.64. The molecule has 74 valence electrons. The van der Waals surface area contributed by atoms with Gasteiger partial charge in [-0.25, -0.2) is 9.18 Å². The maximum atomic E-state index is 12.6. The number of nitro groups is 1. The van der Waals surface area contributed by atoms with Gasteiger partial charge in [-0.05, 0) is 12.1 Å². The van der Waals surface area contributed by atoms with Gasteiger partial charge in [0.15, 0.2) is 0 Å². The van der Waals surface area contributed by atoms with E-state index in [2.05, 4.69) is 4.74 Å². The summed E-state index contributed by atoms with van der Waals surface area (Å²) in [4.78, 5) is 19.8. The van der Waals surface area contributed by atoms with Crippen LogP contribution in [0.2, 0.25) is 0 Å². The van der Waals surface area contributed by atoms with E-state index in [-0.39, 0.29) is 5.75 Å². The van der Waals surface area contributed by atoms with Crippen LogP contribution in [0.3, 0.4) is 0 Å². The summed E-state index contributed by atoms with van der Waals surface area (Å²) in [6, 6.07) is 4.81. The molecule has 0 saturated heterocycles. The summed E-state index contributed by atoms with van der Waals surface area (Å²) in [6.07, 6.45) is 0. The van der Waals surface area contributed by atoms with E-state index in [1.807, 2.05) is 0 Å². The standard InChI is InChI=1S/C8H6FNO4/c9-6-2-1-3-7(4-6)14-8(11)5-10(12)13/h1-4H,5H2. The first-order chi connectivity index (χ1) is 6.58. The van der Waals surface area contributed by atoms with Gasteiger partial charge in [0.2, 0.25) is 0 Å². The zero-order chi connectivity index (χ0) is 10.6. The van der Waals surface area contributed by atoms with Gasteiger partial charge >= 0.3 is 5.97 Å². The lowest BCUT2D eigenvalue weighted by Gasteiger charge is -2.00. The zero-order valence-corrected chi connectivity index (χ0v) is 6.97. The Morgan fingerprint density at radius 3 is 2.86 bits per heavy atom. The topological polar surface area (TPSA) is 69.4 Å². The fourth-order valence-corrected chi connectivity index (χ4v) is 0.800. The predicted octanol–water partition coefficient (Wildman–Crippen LogP) is 1.01. The first kappa shape index (κ1) is 10.1. The number of carbonyl (C=O) groups is 1. The largest absolute Gasteiger partial charge is 0.422 e. The van der Waals surface area contributed by atoms with Crippen molar-refractivity contribution in [3.8, 4) is 5.75 Å². The van der Waals surface area contributed by atoms with Crippen molar-refractivity contribution in [1.82, 2.24) is 0 Å². The molecule has 0 aliphatic heterocycles. The molecule has 1 aromatic rings. The third-order valence-corrected chi connectivity index (χ3v) is 1.29. The number of hydrogen-bond acceptors (Lipinski definition) is 4. The van der Waals surface area contributed by atoms with E-state index in [9.17, 15) is 19.3 Å². The normalized spacial score (nSPS) is 9.50. The minimum Gasteiger partial charge on any atom is -0.422 e. The van der Waals surface area contributed by atoms with Crippen LogP contribution in [-0.4, -0.2) is 17.4 Å². The van der Waals surface area contributed by atoms with Gasteiger partial charge in [0.05, 0.1) is 0 Å². The molecule has 0 aliphatic carbocycles. The third-order valence-electron chi connectivity index (χ3n) is 1.29. The summed E-state index contributed by atoms with van der Waals surface area (Å²) in [5, 5.41) is 9.90. The molecule has 1 rings (SSSR count). The lowest BCUT2D eigenvalue weighted by Crippen LogP contribution is -2.19. The van der Waals surface area contributed by atoms with Crippen molar-refractivity contribution in [3.63, 3.8) is 0 Å². The van der Waals surface area contributed by atoms with Crippen molar-refractivity contribution in [2.45, 2.75) is 0 Å². The monoisotopic (exact) mass is 199 g/mol. The van der Waals surface area contributed by atoms with Crippen LogP contribution in [0.15, 0.2) is 24.3 Å². The van der Waals surface area contributed by atoms with E-state index >= 15 is 0 Å². The molecular weight excluding hydrogens is 193 g/mol. The molecule has 0 atom stereocenters. The second-order valence-electron chi connectivity index (χ2n) is 2.42. The molecule has 0 heterocycles. The molecule has 0 N–H and O–H groups in total. The van der Waals surface area contributed by atoms with E-state index < -0.39 is 23.3 Å². The van der Waals surface area contributed by atoms with Gasteiger partial charge in [-0.3, -0.25) is 10.1 Å². The van der Waals surface area contributed by atoms with Crippen LogP contribution in [0.5, 0.6) is 5.75 Å². The van der Waals surface area contributed by atoms with Crippen LogP contribution in [0.1, 0.15) is 0 Å². The lowest BCUT2D eigenvalue weighted by molar-refractivity contribution is -0.469. The van der Waals surface area contributed by atoms with Crippen LogP contribution in [0.25, 0.3) is 0 Å². The van der Waals surface area contributed by atoms with E-state index in [1.54, 1.807) is 0 Å². The van der Waals surface area contributed by atoms with Crippen molar-refractivity contribution in [2.24, 2.45) is 0 Å². The molecule has 14 heavy (non-hydrogen) atoms. The Morgan fingerprint density at radius 2 is 2.29 bits per heavy atom. The van der Waals surface area contributed by atoms with Gasteiger partial charge < -0.3 is 4.74 Å². The first-order valence-electron chi connectivity index (χ1n) is 3.66. The Labute approximate surface area is 78.3 Å². The average molecular weight is 199 g/mol. The molecule has 0 fully saturated rings. The van der Waals surface area contributed by atoms with E-state index in [1.165, 1.54) is 18.2 Å². The number of hydrogen-bond donors (Lipinski definition) is 0. The number of carbonyl (C=O) groups excluding carboxylic acids is 1. The highest BCUT2D eigenvalue weighted by atomic mass is 19.1. The highest BCUT2D eigenvalue weighted by Crippen LogP contribution is 2.11.